The molecule has 0 unspecified atom stereocenters. The smallest absolute Gasteiger partial charge is 0.246 e. The Bertz CT molecular complexity index is 538. The van der Waals surface area contributed by atoms with Gasteiger partial charge in [0.25, 0.3) is 0 Å². The molecule has 0 atom stereocenters. The summed E-state index contributed by atoms with van der Waals surface area (Å²) in [5, 5.41) is 22.0. The fourth-order valence-electron chi connectivity index (χ4n) is 2.56. The first-order valence-corrected chi connectivity index (χ1v) is 9.78. The Morgan fingerprint density at radius 2 is 1.48 bits per heavy atom. The second-order valence-corrected chi connectivity index (χ2v) is 6.43. The van der Waals surface area contributed by atoms with Crippen molar-refractivity contribution in [1.82, 2.24) is 0 Å². The molecule has 0 aliphatic rings. The van der Waals surface area contributed by atoms with Gasteiger partial charge in [0.1, 0.15) is 6.29 Å². The molecule has 0 spiro atoms. The second kappa shape index (κ2) is 17.1. The Morgan fingerprint density at radius 1 is 0.815 bits per heavy atom. The minimum absolute atomic E-state index is 0.0783. The van der Waals surface area contributed by atoms with Gasteiger partial charge in [-0.3, -0.25) is 20.2 Å². The van der Waals surface area contributed by atoms with E-state index >= 15 is 0 Å². The topological polar surface area (TPSA) is 103 Å². The summed E-state index contributed by atoms with van der Waals surface area (Å²) in [6.07, 6.45) is 16.5. The molecule has 0 N–H and O–H groups in total. The highest BCUT2D eigenvalue weighted by Gasteiger charge is 2.09. The van der Waals surface area contributed by atoms with E-state index in [-0.39, 0.29) is 29.2 Å². The van der Waals surface area contributed by atoms with E-state index in [1.165, 1.54) is 31.8 Å². The third-order valence-corrected chi connectivity index (χ3v) is 4.14. The zero-order valence-electron chi connectivity index (χ0n) is 16.3. The van der Waals surface area contributed by atoms with Crippen molar-refractivity contribution in [1.29, 1.82) is 0 Å². The molecule has 0 aromatic carbocycles. The minimum Gasteiger partial charge on any atom is -0.303 e. The number of carbonyl (C=O) groups is 1. The number of unbranched alkanes of at least 4 members (excludes halogenated alkanes) is 7. The lowest BCUT2D eigenvalue weighted by Crippen LogP contribution is -1.99. The summed E-state index contributed by atoms with van der Waals surface area (Å²) in [4.78, 5) is 31.5. The number of nitrogens with zero attached hydrogens (tertiary/aromatic N) is 2. The number of nitro groups is 2. The van der Waals surface area contributed by atoms with Crippen molar-refractivity contribution in [3.8, 4) is 0 Å². The van der Waals surface area contributed by atoms with Gasteiger partial charge in [-0.05, 0) is 37.8 Å². The Balaban J connectivity index is 4.32. The van der Waals surface area contributed by atoms with E-state index in [4.69, 9.17) is 0 Å². The maximum atomic E-state index is 11.1. The van der Waals surface area contributed by atoms with Gasteiger partial charge in [-0.25, -0.2) is 0 Å². The highest BCUT2D eigenvalue weighted by Crippen LogP contribution is 2.12. The van der Waals surface area contributed by atoms with Gasteiger partial charge >= 0.3 is 0 Å². The number of rotatable bonds is 17. The van der Waals surface area contributed by atoms with Gasteiger partial charge in [0, 0.05) is 12.8 Å². The molecule has 0 radical (unpaired) electrons. The van der Waals surface area contributed by atoms with Gasteiger partial charge in [-0.1, -0.05) is 51.2 Å². The van der Waals surface area contributed by atoms with Crippen molar-refractivity contribution in [2.24, 2.45) is 0 Å². The van der Waals surface area contributed by atoms with E-state index in [1.54, 1.807) is 18.2 Å². The van der Waals surface area contributed by atoms with Gasteiger partial charge in [0.15, 0.2) is 0 Å². The third-order valence-electron chi connectivity index (χ3n) is 4.14. The van der Waals surface area contributed by atoms with Crippen LogP contribution < -0.4 is 0 Å². The zero-order chi connectivity index (χ0) is 20.3. The first-order valence-electron chi connectivity index (χ1n) is 9.78. The van der Waals surface area contributed by atoms with Crippen LogP contribution in [-0.4, -0.2) is 16.1 Å². The molecule has 0 heterocycles. The number of hydrogen-bond acceptors (Lipinski definition) is 5. The van der Waals surface area contributed by atoms with Crippen molar-refractivity contribution in [3.63, 3.8) is 0 Å². The zero-order valence-corrected chi connectivity index (χ0v) is 16.3. The Kier molecular flexibility index (Phi) is 15.7. The summed E-state index contributed by atoms with van der Waals surface area (Å²) in [5.74, 6) is 0. The van der Waals surface area contributed by atoms with Gasteiger partial charge < -0.3 is 4.79 Å². The minimum atomic E-state index is -0.443. The lowest BCUT2D eigenvalue weighted by molar-refractivity contribution is -0.428. The molecule has 152 valence electrons. The van der Waals surface area contributed by atoms with Crippen molar-refractivity contribution in [3.05, 3.63) is 55.9 Å². The van der Waals surface area contributed by atoms with E-state index in [1.807, 2.05) is 0 Å². The predicted octanol–water partition coefficient (Wildman–Crippen LogP) is 5.76. The fraction of sp³-hybridized carbons (Fsp3) is 0.650. The van der Waals surface area contributed by atoms with Crippen LogP contribution in [0.5, 0.6) is 0 Å². The van der Waals surface area contributed by atoms with Crippen LogP contribution in [0.25, 0.3) is 0 Å². The van der Waals surface area contributed by atoms with Gasteiger partial charge in [-0.2, -0.15) is 0 Å². The monoisotopic (exact) mass is 380 g/mol. The molecule has 27 heavy (non-hydrogen) atoms. The largest absolute Gasteiger partial charge is 0.303 e. The van der Waals surface area contributed by atoms with Crippen molar-refractivity contribution >= 4 is 6.29 Å². The average Bonchev–Trinajstić information content (AvgIpc) is 2.63. The molecule has 0 amide bonds. The van der Waals surface area contributed by atoms with E-state index < -0.39 is 4.92 Å². The van der Waals surface area contributed by atoms with E-state index in [0.717, 1.165) is 19.1 Å². The number of hydrogen-bond donors (Lipinski definition) is 0. The van der Waals surface area contributed by atoms with Crippen molar-refractivity contribution in [2.45, 2.75) is 84.0 Å². The summed E-state index contributed by atoms with van der Waals surface area (Å²) in [7, 11) is 0. The normalized spacial score (nSPS) is 12.5. The molecule has 0 saturated carbocycles. The van der Waals surface area contributed by atoms with Crippen LogP contribution in [0.1, 0.15) is 84.0 Å². The second-order valence-electron chi connectivity index (χ2n) is 6.43. The van der Waals surface area contributed by atoms with Crippen LogP contribution >= 0.6 is 0 Å². The average molecular weight is 380 g/mol. The van der Waals surface area contributed by atoms with E-state index in [0.29, 0.717) is 25.7 Å². The summed E-state index contributed by atoms with van der Waals surface area (Å²) in [5.41, 5.74) is 0.249. The van der Waals surface area contributed by atoms with Crippen molar-refractivity contribution < 1.29 is 14.6 Å². The molecule has 0 rings (SSSR count). The van der Waals surface area contributed by atoms with Crippen LogP contribution in [0.2, 0.25) is 0 Å². The Labute approximate surface area is 161 Å². The van der Waals surface area contributed by atoms with Gasteiger partial charge in [0.05, 0.1) is 16.3 Å². The molecular formula is C20H32N2O5. The summed E-state index contributed by atoms with van der Waals surface area (Å²) in [6, 6.07) is 0. The molecule has 0 aliphatic carbocycles. The van der Waals surface area contributed by atoms with Crippen LogP contribution in [0.4, 0.5) is 0 Å². The number of carbonyl (C=O) groups excluding carboxylic acids is 1. The number of allylic oxidation sites excluding steroid dienone is 5. The maximum absolute atomic E-state index is 11.1. The summed E-state index contributed by atoms with van der Waals surface area (Å²) in [6.45, 7) is 2.17. The molecule has 0 bridgehead atoms. The molecule has 7 nitrogen and oxygen atoms in total. The molecular weight excluding hydrogens is 348 g/mol. The fourth-order valence-corrected chi connectivity index (χ4v) is 2.56. The Hall–Kier alpha value is -2.31. The molecule has 0 aromatic rings. The SMILES string of the molecule is CCCCCCCC/C=C(\C/C=C\C/C=C(\CCCC=O)[N+](=O)[O-])[N+](=O)[O-]. The molecule has 0 saturated heterocycles. The summed E-state index contributed by atoms with van der Waals surface area (Å²) < 4.78 is 0. The van der Waals surface area contributed by atoms with Gasteiger partial charge in [-0.15, -0.1) is 0 Å². The standard InChI is InChI=1S/C20H32N2O5/c1-2-3-4-5-6-7-9-14-19(21(24)25)15-10-8-11-16-20(22(26)27)17-12-13-18-23/h8,10,14,16,18H,2-7,9,11-13,15,17H2,1H3/b10-8-,19-14+,20-16+. The quantitative estimate of drug-likeness (QED) is 0.105. The van der Waals surface area contributed by atoms with Crippen molar-refractivity contribution in [2.75, 3.05) is 0 Å². The highest BCUT2D eigenvalue weighted by molar-refractivity contribution is 5.49. The first kappa shape index (κ1) is 24.7. The maximum Gasteiger partial charge on any atom is 0.246 e. The van der Waals surface area contributed by atoms with Crippen LogP contribution in [0.15, 0.2) is 35.7 Å². The number of aldehydes is 1. The molecule has 0 aromatic heterocycles. The third kappa shape index (κ3) is 14.5. The lowest BCUT2D eigenvalue weighted by atomic mass is 10.1. The summed E-state index contributed by atoms with van der Waals surface area (Å²) >= 11 is 0. The molecule has 0 fully saturated rings. The highest BCUT2D eigenvalue weighted by atomic mass is 16.6. The molecule has 0 aliphatic heterocycles. The van der Waals surface area contributed by atoms with Crippen LogP contribution in [-0.2, 0) is 4.79 Å². The van der Waals surface area contributed by atoms with E-state index in [9.17, 15) is 25.0 Å². The van der Waals surface area contributed by atoms with Crippen LogP contribution in [0.3, 0.4) is 0 Å². The predicted molar refractivity (Wildman–Crippen MR) is 106 cm³/mol. The van der Waals surface area contributed by atoms with Crippen LogP contribution in [0, 0.1) is 20.2 Å². The lowest BCUT2D eigenvalue weighted by Gasteiger charge is -1.99. The van der Waals surface area contributed by atoms with E-state index in [2.05, 4.69) is 6.92 Å². The van der Waals surface area contributed by atoms with Gasteiger partial charge in [0.2, 0.25) is 11.4 Å². The first-order chi connectivity index (χ1) is 13.0. The molecule has 7 heteroatoms. The Morgan fingerprint density at radius 3 is 2.11 bits per heavy atom.